The number of benzene rings is 1. The van der Waals surface area contributed by atoms with Gasteiger partial charge in [-0.15, -0.1) is 0 Å². The Morgan fingerprint density at radius 2 is 2.00 bits per heavy atom. The first-order valence-electron chi connectivity index (χ1n) is 4.61. The SMILES string of the molecule is Cc1cc(OP)cc(OP)c1C(=O)C(C)O. The predicted molar refractivity (Wildman–Crippen MR) is 67.9 cm³/mol. The van der Waals surface area contributed by atoms with Crippen LogP contribution in [0.4, 0.5) is 0 Å². The van der Waals surface area contributed by atoms with E-state index >= 15 is 0 Å². The Kier molecular flexibility index (Phi) is 4.67. The molecule has 6 heteroatoms. The number of hydrogen-bond donors (Lipinski definition) is 1. The fraction of sp³-hybridized carbons (Fsp3) is 0.300. The van der Waals surface area contributed by atoms with E-state index in [9.17, 15) is 9.90 Å². The van der Waals surface area contributed by atoms with Gasteiger partial charge < -0.3 is 14.2 Å². The molecule has 0 saturated heterocycles. The fourth-order valence-electron chi connectivity index (χ4n) is 1.41. The smallest absolute Gasteiger partial charge is 0.194 e. The van der Waals surface area contributed by atoms with E-state index in [4.69, 9.17) is 9.05 Å². The van der Waals surface area contributed by atoms with E-state index in [1.54, 1.807) is 19.1 Å². The molecule has 0 aliphatic carbocycles. The number of hydrogen-bond acceptors (Lipinski definition) is 4. The minimum absolute atomic E-state index is 0.369. The van der Waals surface area contributed by atoms with Crippen molar-refractivity contribution in [3.8, 4) is 11.5 Å². The van der Waals surface area contributed by atoms with Crippen LogP contribution in [-0.2, 0) is 0 Å². The fourth-order valence-corrected chi connectivity index (χ4v) is 1.73. The van der Waals surface area contributed by atoms with E-state index in [0.717, 1.165) is 0 Å². The number of ketones is 1. The number of Topliss-reactive ketones (excluding diaryl/α,β-unsaturated/α-hetero) is 1. The molecule has 0 aliphatic rings. The van der Waals surface area contributed by atoms with Crippen molar-refractivity contribution in [2.75, 3.05) is 0 Å². The molecule has 0 saturated carbocycles. The van der Waals surface area contributed by atoms with Gasteiger partial charge in [-0.2, -0.15) is 0 Å². The molecule has 0 bridgehead atoms. The molecule has 88 valence electrons. The summed E-state index contributed by atoms with van der Waals surface area (Å²) in [5.41, 5.74) is 1.07. The molecule has 0 aliphatic heterocycles. The second-order valence-electron chi connectivity index (χ2n) is 3.39. The summed E-state index contributed by atoms with van der Waals surface area (Å²) in [6.07, 6.45) is -1.06. The number of rotatable bonds is 4. The minimum atomic E-state index is -1.06. The van der Waals surface area contributed by atoms with E-state index in [1.165, 1.54) is 6.92 Å². The lowest BCUT2D eigenvalue weighted by Crippen LogP contribution is -2.18. The molecule has 0 amide bonds. The normalized spacial score (nSPS) is 12.1. The van der Waals surface area contributed by atoms with Crippen LogP contribution >= 0.6 is 18.9 Å². The van der Waals surface area contributed by atoms with Crippen LogP contribution in [0.1, 0.15) is 22.8 Å². The Balaban J connectivity index is 3.32. The van der Waals surface area contributed by atoms with Gasteiger partial charge in [-0.3, -0.25) is 4.79 Å². The summed E-state index contributed by atoms with van der Waals surface area (Å²) in [7, 11) is 4.20. The molecule has 0 heterocycles. The van der Waals surface area contributed by atoms with Gasteiger partial charge in [0, 0.05) is 6.07 Å². The van der Waals surface area contributed by atoms with Gasteiger partial charge in [-0.05, 0) is 25.5 Å². The maximum absolute atomic E-state index is 11.8. The predicted octanol–water partition coefficient (Wildman–Crippen LogP) is 1.90. The second kappa shape index (κ2) is 5.58. The van der Waals surface area contributed by atoms with Gasteiger partial charge in [-0.25, -0.2) is 0 Å². The summed E-state index contributed by atoms with van der Waals surface area (Å²) >= 11 is 0. The van der Waals surface area contributed by atoms with Crippen LogP contribution in [0.25, 0.3) is 0 Å². The summed E-state index contributed by atoms with van der Waals surface area (Å²) in [6.45, 7) is 3.18. The second-order valence-corrected chi connectivity index (χ2v) is 3.86. The van der Waals surface area contributed by atoms with Crippen LogP contribution in [-0.4, -0.2) is 17.0 Å². The molecular weight excluding hydrogens is 246 g/mol. The Morgan fingerprint density at radius 3 is 2.44 bits per heavy atom. The first-order valence-corrected chi connectivity index (χ1v) is 5.56. The van der Waals surface area contributed by atoms with Gasteiger partial charge in [0.15, 0.2) is 5.78 Å². The maximum atomic E-state index is 11.8. The van der Waals surface area contributed by atoms with E-state index < -0.39 is 6.10 Å². The lowest BCUT2D eigenvalue weighted by molar-refractivity contribution is 0.0777. The Morgan fingerprint density at radius 1 is 1.38 bits per heavy atom. The van der Waals surface area contributed by atoms with E-state index in [2.05, 4.69) is 18.9 Å². The van der Waals surface area contributed by atoms with Gasteiger partial charge in [-0.1, -0.05) is 0 Å². The van der Waals surface area contributed by atoms with Crippen molar-refractivity contribution in [1.29, 1.82) is 0 Å². The van der Waals surface area contributed by atoms with Gasteiger partial charge in [0.1, 0.15) is 17.6 Å². The Hall–Kier alpha value is -0.690. The average molecular weight is 260 g/mol. The molecule has 0 radical (unpaired) electrons. The van der Waals surface area contributed by atoms with Crippen molar-refractivity contribution >= 4 is 24.7 Å². The average Bonchev–Trinajstić information content (AvgIpc) is 2.26. The number of carbonyl (C=O) groups is 1. The molecule has 1 aromatic carbocycles. The first-order chi connectivity index (χ1) is 7.51. The molecule has 0 fully saturated rings. The molecule has 16 heavy (non-hydrogen) atoms. The van der Waals surface area contributed by atoms with E-state index in [-0.39, 0.29) is 5.78 Å². The summed E-state index contributed by atoms with van der Waals surface area (Å²) in [4.78, 5) is 11.8. The third kappa shape index (κ3) is 2.70. The molecule has 3 atom stereocenters. The first kappa shape index (κ1) is 13.4. The topological polar surface area (TPSA) is 55.8 Å². The summed E-state index contributed by atoms with van der Waals surface area (Å²) < 4.78 is 10.0. The number of aliphatic hydroxyl groups is 1. The standard InChI is InChI=1S/C10H14O4P2/c1-5-3-7(13-15)4-8(14-16)9(5)10(12)6(2)11/h3-4,6,11H,15-16H2,1-2H3. The summed E-state index contributed by atoms with van der Waals surface area (Å²) in [5, 5.41) is 9.30. The van der Waals surface area contributed by atoms with Gasteiger partial charge in [0.05, 0.1) is 24.5 Å². The molecule has 0 spiro atoms. The maximum Gasteiger partial charge on any atom is 0.194 e. The van der Waals surface area contributed by atoms with E-state index in [0.29, 0.717) is 22.6 Å². The summed E-state index contributed by atoms with van der Waals surface area (Å²) in [6, 6.07) is 3.29. The van der Waals surface area contributed by atoms with E-state index in [1.807, 2.05) is 0 Å². The molecule has 1 N–H and O–H groups in total. The highest BCUT2D eigenvalue weighted by Gasteiger charge is 2.20. The van der Waals surface area contributed by atoms with Crippen LogP contribution in [0.2, 0.25) is 0 Å². The minimum Gasteiger partial charge on any atom is -0.480 e. The molecule has 1 aromatic rings. The largest absolute Gasteiger partial charge is 0.480 e. The Bertz CT molecular complexity index is 404. The van der Waals surface area contributed by atoms with Crippen LogP contribution in [0, 0.1) is 6.92 Å². The third-order valence-electron chi connectivity index (χ3n) is 2.16. The lowest BCUT2D eigenvalue weighted by atomic mass is 10.0. The van der Waals surface area contributed by atoms with Crippen molar-refractivity contribution in [2.24, 2.45) is 0 Å². The highest BCUT2D eigenvalue weighted by molar-refractivity contribution is 7.10. The monoisotopic (exact) mass is 260 g/mol. The van der Waals surface area contributed by atoms with Gasteiger partial charge in [0.25, 0.3) is 0 Å². The molecule has 4 nitrogen and oxygen atoms in total. The van der Waals surface area contributed by atoms with Crippen LogP contribution < -0.4 is 9.05 Å². The number of carbonyl (C=O) groups excluding carboxylic acids is 1. The van der Waals surface area contributed by atoms with Gasteiger partial charge >= 0.3 is 0 Å². The van der Waals surface area contributed by atoms with Crippen molar-refractivity contribution in [1.82, 2.24) is 0 Å². The molecule has 3 unspecified atom stereocenters. The van der Waals surface area contributed by atoms with Crippen molar-refractivity contribution in [2.45, 2.75) is 20.0 Å². The molecule has 0 aromatic heterocycles. The zero-order valence-electron chi connectivity index (χ0n) is 9.06. The zero-order valence-corrected chi connectivity index (χ0v) is 11.4. The quantitative estimate of drug-likeness (QED) is 0.663. The third-order valence-corrected chi connectivity index (χ3v) is 2.69. The molecule has 1 rings (SSSR count). The van der Waals surface area contributed by atoms with Crippen LogP contribution in [0.5, 0.6) is 11.5 Å². The highest BCUT2D eigenvalue weighted by atomic mass is 31.0. The van der Waals surface area contributed by atoms with Crippen molar-refractivity contribution < 1.29 is 18.9 Å². The molecular formula is C10H14O4P2. The van der Waals surface area contributed by atoms with Crippen molar-refractivity contribution in [3.05, 3.63) is 23.3 Å². The lowest BCUT2D eigenvalue weighted by Gasteiger charge is -2.13. The van der Waals surface area contributed by atoms with Crippen LogP contribution in [0.15, 0.2) is 12.1 Å². The number of aliphatic hydroxyl groups excluding tert-OH is 1. The zero-order chi connectivity index (χ0) is 12.3. The van der Waals surface area contributed by atoms with Crippen molar-refractivity contribution in [3.63, 3.8) is 0 Å². The number of aryl methyl sites for hydroxylation is 1. The van der Waals surface area contributed by atoms with Crippen LogP contribution in [0.3, 0.4) is 0 Å². The summed E-state index contributed by atoms with van der Waals surface area (Å²) in [5.74, 6) is 0.570. The Labute approximate surface area is 98.9 Å². The van der Waals surface area contributed by atoms with Gasteiger partial charge in [0.2, 0.25) is 0 Å². The highest BCUT2D eigenvalue weighted by Crippen LogP contribution is 2.31.